The number of carbonyl (C=O) groups is 1. The van der Waals surface area contributed by atoms with Crippen molar-refractivity contribution < 1.29 is 4.79 Å². The van der Waals surface area contributed by atoms with Crippen LogP contribution in [0.5, 0.6) is 0 Å². The lowest BCUT2D eigenvalue weighted by atomic mass is 10.0. The van der Waals surface area contributed by atoms with Gasteiger partial charge in [-0.05, 0) is 38.3 Å². The maximum absolute atomic E-state index is 12.9. The minimum atomic E-state index is 0.0502. The molecule has 1 aromatic carbocycles. The van der Waals surface area contributed by atoms with Crippen LogP contribution in [-0.4, -0.2) is 34.6 Å². The number of nitrogens with zero attached hydrogens (tertiary/aromatic N) is 3. The largest absolute Gasteiger partial charge is 0.371 e. The van der Waals surface area contributed by atoms with Crippen LogP contribution in [0.3, 0.4) is 0 Å². The van der Waals surface area contributed by atoms with Crippen LogP contribution in [0.2, 0.25) is 0 Å². The Morgan fingerprint density at radius 2 is 2.12 bits per heavy atom. The van der Waals surface area contributed by atoms with E-state index in [4.69, 9.17) is 0 Å². The van der Waals surface area contributed by atoms with Crippen LogP contribution in [-0.2, 0) is 13.0 Å². The van der Waals surface area contributed by atoms with E-state index in [1.165, 1.54) is 12.8 Å². The second-order valence-corrected chi connectivity index (χ2v) is 6.92. The quantitative estimate of drug-likeness (QED) is 0.944. The number of aryl methyl sites for hydroxylation is 2. The van der Waals surface area contributed by atoms with Gasteiger partial charge in [-0.1, -0.05) is 11.6 Å². The molecule has 0 bridgehead atoms. The van der Waals surface area contributed by atoms with Crippen molar-refractivity contribution in [3.05, 3.63) is 47.5 Å². The summed E-state index contributed by atoms with van der Waals surface area (Å²) in [5.74, 6) is 1.17. The summed E-state index contributed by atoms with van der Waals surface area (Å²) in [7, 11) is 0. The molecule has 1 aromatic heterocycles. The van der Waals surface area contributed by atoms with Crippen molar-refractivity contribution in [2.75, 3.05) is 18.0 Å². The summed E-state index contributed by atoms with van der Waals surface area (Å²) in [5.41, 5.74) is 3.02. The summed E-state index contributed by atoms with van der Waals surface area (Å²) in [4.78, 5) is 19.6. The summed E-state index contributed by atoms with van der Waals surface area (Å²) in [6, 6.07) is 6.40. The molecule has 2 aromatic rings. The molecule has 5 heteroatoms. The maximum Gasteiger partial charge on any atom is 0.253 e. The molecule has 1 amide bonds. The second-order valence-electron chi connectivity index (χ2n) is 6.92. The van der Waals surface area contributed by atoms with Gasteiger partial charge >= 0.3 is 0 Å². The molecule has 0 aliphatic carbocycles. The average Bonchev–Trinajstić information content (AvgIpc) is 3.25. The van der Waals surface area contributed by atoms with Gasteiger partial charge in [-0.2, -0.15) is 0 Å². The van der Waals surface area contributed by atoms with Crippen LogP contribution in [0.1, 0.15) is 41.0 Å². The van der Waals surface area contributed by atoms with Gasteiger partial charge in [0, 0.05) is 50.2 Å². The summed E-state index contributed by atoms with van der Waals surface area (Å²) in [6.07, 6.45) is 8.13. The molecule has 0 radical (unpaired) electrons. The fourth-order valence-electron chi connectivity index (χ4n) is 3.81. The first-order valence-corrected chi connectivity index (χ1v) is 8.87. The van der Waals surface area contributed by atoms with Gasteiger partial charge in [-0.15, -0.1) is 0 Å². The molecule has 3 heterocycles. The predicted octanol–water partition coefficient (Wildman–Crippen LogP) is 2.54. The third-order valence-electron chi connectivity index (χ3n) is 5.11. The second kappa shape index (κ2) is 6.30. The van der Waals surface area contributed by atoms with Crippen LogP contribution in [0, 0.1) is 6.92 Å². The first kappa shape index (κ1) is 15.2. The molecule has 0 unspecified atom stereocenters. The lowest BCUT2D eigenvalue weighted by molar-refractivity contribution is 0.0928. The standard InChI is InChI=1S/C19H24N4O/c1-14-4-6-17(22-9-2-3-10-22)16(12-14)19(24)21-15-5-7-18-20-8-11-23(18)13-15/h4,6,8,11-12,15H,2-3,5,7,9-10,13H2,1H3,(H,21,24)/t15-/m0/s1. The van der Waals surface area contributed by atoms with Gasteiger partial charge in [-0.3, -0.25) is 4.79 Å². The lowest BCUT2D eigenvalue weighted by Gasteiger charge is -2.26. The minimum Gasteiger partial charge on any atom is -0.371 e. The first-order chi connectivity index (χ1) is 11.7. The smallest absolute Gasteiger partial charge is 0.253 e. The Morgan fingerprint density at radius 3 is 2.96 bits per heavy atom. The fraction of sp³-hybridized carbons (Fsp3) is 0.474. The van der Waals surface area contributed by atoms with Gasteiger partial charge in [0.25, 0.3) is 5.91 Å². The number of fused-ring (bicyclic) bond motifs is 1. The summed E-state index contributed by atoms with van der Waals surface area (Å²) in [6.45, 7) is 4.95. The molecule has 1 fully saturated rings. The van der Waals surface area contributed by atoms with E-state index in [1.54, 1.807) is 0 Å². The van der Waals surface area contributed by atoms with E-state index in [0.29, 0.717) is 0 Å². The number of hydrogen-bond donors (Lipinski definition) is 1. The van der Waals surface area contributed by atoms with Crippen molar-refractivity contribution in [2.45, 2.75) is 45.2 Å². The molecule has 1 saturated heterocycles. The number of hydrogen-bond acceptors (Lipinski definition) is 3. The highest BCUT2D eigenvalue weighted by atomic mass is 16.1. The van der Waals surface area contributed by atoms with Crippen LogP contribution >= 0.6 is 0 Å². The van der Waals surface area contributed by atoms with Gasteiger partial charge in [-0.25, -0.2) is 4.98 Å². The number of nitrogens with one attached hydrogen (secondary N) is 1. The summed E-state index contributed by atoms with van der Waals surface area (Å²) >= 11 is 0. The van der Waals surface area contributed by atoms with Crippen molar-refractivity contribution in [3.63, 3.8) is 0 Å². The van der Waals surface area contributed by atoms with Crippen molar-refractivity contribution in [1.82, 2.24) is 14.9 Å². The van der Waals surface area contributed by atoms with Gasteiger partial charge < -0.3 is 14.8 Å². The average molecular weight is 324 g/mol. The number of rotatable bonds is 3. The molecule has 2 aliphatic rings. The molecule has 24 heavy (non-hydrogen) atoms. The topological polar surface area (TPSA) is 50.2 Å². The zero-order valence-electron chi connectivity index (χ0n) is 14.2. The van der Waals surface area contributed by atoms with E-state index < -0.39 is 0 Å². The Labute approximate surface area is 142 Å². The molecular formula is C19H24N4O. The van der Waals surface area contributed by atoms with Crippen molar-refractivity contribution in [1.29, 1.82) is 0 Å². The third kappa shape index (κ3) is 2.90. The number of benzene rings is 1. The number of imidazole rings is 1. The zero-order chi connectivity index (χ0) is 16.5. The maximum atomic E-state index is 12.9. The minimum absolute atomic E-state index is 0.0502. The van der Waals surface area contributed by atoms with Crippen molar-refractivity contribution >= 4 is 11.6 Å². The predicted molar refractivity (Wildman–Crippen MR) is 94.4 cm³/mol. The Bertz CT molecular complexity index is 746. The highest BCUT2D eigenvalue weighted by Crippen LogP contribution is 2.26. The van der Waals surface area contributed by atoms with E-state index >= 15 is 0 Å². The third-order valence-corrected chi connectivity index (χ3v) is 5.11. The molecule has 5 nitrogen and oxygen atoms in total. The molecule has 0 spiro atoms. The highest BCUT2D eigenvalue weighted by Gasteiger charge is 2.24. The number of amides is 1. The van der Waals surface area contributed by atoms with Crippen LogP contribution in [0.15, 0.2) is 30.6 Å². The molecule has 1 atom stereocenters. The molecule has 126 valence electrons. The molecule has 2 aliphatic heterocycles. The summed E-state index contributed by atoms with van der Waals surface area (Å²) < 4.78 is 2.14. The monoisotopic (exact) mass is 324 g/mol. The SMILES string of the molecule is Cc1ccc(N2CCCC2)c(C(=O)N[C@H]2CCc3nccn3C2)c1. The zero-order valence-corrected chi connectivity index (χ0v) is 14.2. The van der Waals surface area contributed by atoms with Gasteiger partial charge in [0.2, 0.25) is 0 Å². The Morgan fingerprint density at radius 1 is 1.29 bits per heavy atom. The van der Waals surface area contributed by atoms with Gasteiger partial charge in [0.15, 0.2) is 0 Å². The number of aromatic nitrogens is 2. The van der Waals surface area contributed by atoms with E-state index in [-0.39, 0.29) is 11.9 Å². The highest BCUT2D eigenvalue weighted by molar-refractivity contribution is 6.00. The molecule has 0 saturated carbocycles. The fourth-order valence-corrected chi connectivity index (χ4v) is 3.81. The van der Waals surface area contributed by atoms with E-state index in [0.717, 1.165) is 55.1 Å². The Kier molecular flexibility index (Phi) is 4.00. The van der Waals surface area contributed by atoms with E-state index in [9.17, 15) is 4.79 Å². The molecular weight excluding hydrogens is 300 g/mol. The van der Waals surface area contributed by atoms with E-state index in [2.05, 4.69) is 31.9 Å². The van der Waals surface area contributed by atoms with Crippen molar-refractivity contribution in [2.24, 2.45) is 0 Å². The van der Waals surface area contributed by atoms with Crippen LogP contribution in [0.4, 0.5) is 5.69 Å². The molecule has 1 N–H and O–H groups in total. The van der Waals surface area contributed by atoms with Gasteiger partial charge in [0.1, 0.15) is 5.82 Å². The van der Waals surface area contributed by atoms with Crippen LogP contribution < -0.4 is 10.2 Å². The van der Waals surface area contributed by atoms with Gasteiger partial charge in [0.05, 0.1) is 5.56 Å². The van der Waals surface area contributed by atoms with E-state index in [1.807, 2.05) is 25.4 Å². The molecule has 4 rings (SSSR count). The van der Waals surface area contributed by atoms with Crippen LogP contribution in [0.25, 0.3) is 0 Å². The Balaban J connectivity index is 1.53. The number of anilines is 1. The summed E-state index contributed by atoms with van der Waals surface area (Å²) in [5, 5.41) is 3.24. The normalized spacial score (nSPS) is 20.0. The number of carbonyl (C=O) groups excluding carboxylic acids is 1. The van der Waals surface area contributed by atoms with Crippen molar-refractivity contribution in [3.8, 4) is 0 Å². The Hall–Kier alpha value is -2.30. The lowest BCUT2D eigenvalue weighted by Crippen LogP contribution is -2.41. The first-order valence-electron chi connectivity index (χ1n) is 8.87.